The first-order chi connectivity index (χ1) is 15.1. The van der Waals surface area contributed by atoms with Gasteiger partial charge < -0.3 is 15.5 Å². The molecule has 0 saturated heterocycles. The van der Waals surface area contributed by atoms with Crippen molar-refractivity contribution in [1.29, 1.82) is 0 Å². The highest BCUT2D eigenvalue weighted by Crippen LogP contribution is 2.53. The molecule has 2 amide bonds. The van der Waals surface area contributed by atoms with Crippen molar-refractivity contribution in [1.82, 2.24) is 15.5 Å². The average Bonchev–Trinajstić information content (AvgIpc) is 3.44. The van der Waals surface area contributed by atoms with Crippen LogP contribution in [0.25, 0.3) is 0 Å². The van der Waals surface area contributed by atoms with E-state index in [0.717, 1.165) is 12.0 Å². The Morgan fingerprint density at radius 1 is 1.16 bits per heavy atom. The molecular formula is C26H34FN3O2. The Morgan fingerprint density at radius 3 is 2.44 bits per heavy atom. The predicted octanol–water partition coefficient (Wildman–Crippen LogP) is 3.53. The molecule has 32 heavy (non-hydrogen) atoms. The lowest BCUT2D eigenvalue weighted by Gasteiger charge is -2.25. The minimum Gasteiger partial charge on any atom is -0.354 e. The Bertz CT molecular complexity index is 961. The fourth-order valence-corrected chi connectivity index (χ4v) is 4.15. The molecule has 2 aromatic carbocycles. The molecule has 3 rings (SSSR count). The van der Waals surface area contributed by atoms with Gasteiger partial charge in [-0.25, -0.2) is 4.39 Å². The molecule has 0 spiro atoms. The maximum atomic E-state index is 14.5. The molecule has 1 aliphatic rings. The summed E-state index contributed by atoms with van der Waals surface area (Å²) >= 11 is 0. The van der Waals surface area contributed by atoms with E-state index in [2.05, 4.69) is 29.7 Å². The van der Waals surface area contributed by atoms with Crippen LogP contribution in [0.15, 0.2) is 48.5 Å². The van der Waals surface area contributed by atoms with Crippen LogP contribution in [-0.4, -0.2) is 49.4 Å². The second-order valence-corrected chi connectivity index (χ2v) is 9.55. The third-order valence-corrected chi connectivity index (χ3v) is 6.40. The Kier molecular flexibility index (Phi) is 7.34. The molecule has 0 heterocycles. The molecule has 0 aromatic heterocycles. The summed E-state index contributed by atoms with van der Waals surface area (Å²) in [6, 6.07) is 14.8. The molecule has 2 N–H and O–H groups in total. The van der Waals surface area contributed by atoms with Gasteiger partial charge in [-0.1, -0.05) is 43.3 Å². The van der Waals surface area contributed by atoms with E-state index < -0.39 is 11.7 Å². The molecule has 0 bridgehead atoms. The van der Waals surface area contributed by atoms with Gasteiger partial charge in [0.15, 0.2) is 0 Å². The molecule has 1 saturated carbocycles. The highest BCUT2D eigenvalue weighted by atomic mass is 19.1. The van der Waals surface area contributed by atoms with Crippen molar-refractivity contribution in [2.24, 2.45) is 5.92 Å². The summed E-state index contributed by atoms with van der Waals surface area (Å²) < 4.78 is 14.5. The van der Waals surface area contributed by atoms with Crippen LogP contribution >= 0.6 is 0 Å². The lowest BCUT2D eigenvalue weighted by molar-refractivity contribution is -0.122. The van der Waals surface area contributed by atoms with Crippen LogP contribution in [0, 0.1) is 11.7 Å². The van der Waals surface area contributed by atoms with Gasteiger partial charge in [-0.3, -0.25) is 9.59 Å². The van der Waals surface area contributed by atoms with Crippen molar-refractivity contribution in [3.63, 3.8) is 0 Å². The van der Waals surface area contributed by atoms with Crippen LogP contribution < -0.4 is 10.6 Å². The zero-order valence-electron chi connectivity index (χ0n) is 19.6. The summed E-state index contributed by atoms with van der Waals surface area (Å²) in [7, 11) is 3.89. The van der Waals surface area contributed by atoms with Crippen molar-refractivity contribution in [3.8, 4) is 0 Å². The van der Waals surface area contributed by atoms with Crippen LogP contribution in [0.5, 0.6) is 0 Å². The number of halogens is 1. The van der Waals surface area contributed by atoms with Crippen LogP contribution in [0.4, 0.5) is 4.39 Å². The summed E-state index contributed by atoms with van der Waals surface area (Å²) in [5.41, 5.74) is 1.93. The average molecular weight is 440 g/mol. The number of hydrogen-bond donors (Lipinski definition) is 2. The van der Waals surface area contributed by atoms with Crippen LogP contribution in [0.3, 0.4) is 0 Å². The SMILES string of the molecule is CC(C)NC(=O)c1ccc(CC(CNC(=O)[C@@H]2C[C@]2(C)c2ccccc2)N(C)C)cc1F. The standard InChI is InChI=1S/C26H34FN3O2/c1-17(2)29-24(31)21-12-11-18(14-23(21)27)13-20(30(4)5)16-28-25(32)22-15-26(22,3)19-9-7-6-8-10-19/h6-12,14,17,20,22H,13,15-16H2,1-5H3,(H,28,32)(H,29,31)/t20?,22-,26+/m0/s1. The molecule has 5 nitrogen and oxygen atoms in total. The van der Waals surface area contributed by atoms with Gasteiger partial charge in [-0.05, 0) is 64.0 Å². The van der Waals surface area contributed by atoms with E-state index in [0.29, 0.717) is 13.0 Å². The molecule has 1 fully saturated rings. The summed E-state index contributed by atoms with van der Waals surface area (Å²) in [5.74, 6) is -0.899. The molecule has 0 aliphatic heterocycles. The van der Waals surface area contributed by atoms with Crippen molar-refractivity contribution >= 4 is 11.8 Å². The highest BCUT2D eigenvalue weighted by molar-refractivity contribution is 5.94. The smallest absolute Gasteiger partial charge is 0.254 e. The third-order valence-electron chi connectivity index (χ3n) is 6.40. The van der Waals surface area contributed by atoms with Crippen molar-refractivity contribution < 1.29 is 14.0 Å². The number of rotatable bonds is 9. The van der Waals surface area contributed by atoms with E-state index >= 15 is 0 Å². The van der Waals surface area contributed by atoms with Gasteiger partial charge in [0.25, 0.3) is 5.91 Å². The summed E-state index contributed by atoms with van der Waals surface area (Å²) in [6.07, 6.45) is 1.41. The topological polar surface area (TPSA) is 61.4 Å². The molecule has 1 unspecified atom stereocenters. The number of amides is 2. The number of carbonyl (C=O) groups is 2. The fraction of sp³-hybridized carbons (Fsp3) is 0.462. The van der Waals surface area contributed by atoms with Crippen LogP contribution in [0.1, 0.15) is 48.7 Å². The summed E-state index contributed by atoms with van der Waals surface area (Å²) in [4.78, 5) is 26.9. The number of nitrogens with zero attached hydrogens (tertiary/aromatic N) is 1. The van der Waals surface area contributed by atoms with Crippen molar-refractivity contribution in [2.75, 3.05) is 20.6 Å². The van der Waals surface area contributed by atoms with E-state index in [9.17, 15) is 14.0 Å². The lowest BCUT2D eigenvalue weighted by Crippen LogP contribution is -2.42. The molecule has 172 valence electrons. The van der Waals surface area contributed by atoms with Gasteiger partial charge in [-0.15, -0.1) is 0 Å². The number of carbonyl (C=O) groups excluding carboxylic acids is 2. The Balaban J connectivity index is 1.59. The first-order valence-corrected chi connectivity index (χ1v) is 11.2. The van der Waals surface area contributed by atoms with Gasteiger partial charge in [0.2, 0.25) is 5.91 Å². The zero-order chi connectivity index (χ0) is 23.5. The van der Waals surface area contributed by atoms with Crippen molar-refractivity contribution in [2.45, 2.75) is 51.1 Å². The maximum Gasteiger partial charge on any atom is 0.254 e. The highest BCUT2D eigenvalue weighted by Gasteiger charge is 2.55. The zero-order valence-corrected chi connectivity index (χ0v) is 19.6. The lowest BCUT2D eigenvalue weighted by atomic mass is 9.95. The monoisotopic (exact) mass is 439 g/mol. The number of benzene rings is 2. The summed E-state index contributed by atoms with van der Waals surface area (Å²) in [6.45, 7) is 6.29. The molecule has 2 aromatic rings. The number of likely N-dealkylation sites (N-methyl/N-ethyl adjacent to an activating group) is 1. The second kappa shape index (κ2) is 9.82. The number of nitrogens with one attached hydrogen (secondary N) is 2. The second-order valence-electron chi connectivity index (χ2n) is 9.55. The largest absolute Gasteiger partial charge is 0.354 e. The van der Waals surface area contributed by atoms with Crippen LogP contribution in [-0.2, 0) is 16.6 Å². The van der Waals surface area contributed by atoms with Gasteiger partial charge in [0.1, 0.15) is 5.82 Å². The predicted molar refractivity (Wildman–Crippen MR) is 125 cm³/mol. The quantitative estimate of drug-likeness (QED) is 0.628. The van der Waals surface area contributed by atoms with Gasteiger partial charge >= 0.3 is 0 Å². The first-order valence-electron chi connectivity index (χ1n) is 11.2. The Hall–Kier alpha value is -2.73. The minimum atomic E-state index is -0.529. The fourth-order valence-electron chi connectivity index (χ4n) is 4.15. The Labute approximate surface area is 190 Å². The molecule has 0 radical (unpaired) electrons. The molecule has 6 heteroatoms. The molecular weight excluding hydrogens is 405 g/mol. The van der Waals surface area contributed by atoms with E-state index in [-0.39, 0.29) is 34.9 Å². The van der Waals surface area contributed by atoms with Crippen molar-refractivity contribution in [3.05, 3.63) is 71.0 Å². The normalized spacial score (nSPS) is 20.8. The van der Waals surface area contributed by atoms with E-state index in [1.165, 1.54) is 17.7 Å². The minimum absolute atomic E-state index is 0.00965. The van der Waals surface area contributed by atoms with Gasteiger partial charge in [0, 0.05) is 30.0 Å². The Morgan fingerprint density at radius 2 is 1.84 bits per heavy atom. The molecule has 1 aliphatic carbocycles. The van der Waals surface area contributed by atoms with Gasteiger partial charge in [0.05, 0.1) is 5.56 Å². The maximum absolute atomic E-state index is 14.5. The van der Waals surface area contributed by atoms with Crippen LogP contribution in [0.2, 0.25) is 0 Å². The van der Waals surface area contributed by atoms with E-state index in [1.54, 1.807) is 6.07 Å². The summed E-state index contributed by atoms with van der Waals surface area (Å²) in [5, 5.41) is 5.81. The van der Waals surface area contributed by atoms with E-state index in [1.807, 2.05) is 51.0 Å². The first kappa shape index (κ1) is 23.9. The van der Waals surface area contributed by atoms with E-state index in [4.69, 9.17) is 0 Å². The van der Waals surface area contributed by atoms with Gasteiger partial charge in [-0.2, -0.15) is 0 Å². The number of hydrogen-bond acceptors (Lipinski definition) is 3. The molecule has 3 atom stereocenters. The third kappa shape index (κ3) is 5.54.